The minimum Gasteiger partial charge on any atom is -0.465 e. The Morgan fingerprint density at radius 2 is 0.795 bits per heavy atom. The van der Waals surface area contributed by atoms with Gasteiger partial charge in [0.1, 0.15) is 17.3 Å². The molecule has 0 radical (unpaired) electrons. The van der Waals surface area contributed by atoms with Gasteiger partial charge in [-0.15, -0.1) is 0 Å². The van der Waals surface area contributed by atoms with Gasteiger partial charge in [0, 0.05) is 36.1 Å². The highest BCUT2D eigenvalue weighted by atomic mass is 32.2. The summed E-state index contributed by atoms with van der Waals surface area (Å²) < 4.78 is 45.1. The summed E-state index contributed by atoms with van der Waals surface area (Å²) in [5, 5.41) is 0. The molecule has 44 heavy (non-hydrogen) atoms. The van der Waals surface area contributed by atoms with Crippen LogP contribution in [0.1, 0.15) is 119 Å². The van der Waals surface area contributed by atoms with Crippen molar-refractivity contribution < 1.29 is 45.1 Å². The number of hydrogen-bond acceptors (Lipinski definition) is 13. The van der Waals surface area contributed by atoms with Crippen molar-refractivity contribution in [2.45, 2.75) is 119 Å². The van der Waals surface area contributed by atoms with Crippen LogP contribution in [0.25, 0.3) is 0 Å². The van der Waals surface area contributed by atoms with E-state index in [2.05, 4.69) is 41.5 Å². The third-order valence-electron chi connectivity index (χ3n) is 7.03. The van der Waals surface area contributed by atoms with Crippen molar-refractivity contribution in [3.05, 3.63) is 0 Å². The molecular weight excluding hydrogens is 647 g/mol. The largest absolute Gasteiger partial charge is 0.508 e. The molecule has 0 spiro atoms. The third kappa shape index (κ3) is 23.8. The monoisotopic (exact) mass is 704 g/mol. The van der Waals surface area contributed by atoms with Crippen LogP contribution >= 0.6 is 44.0 Å². The van der Waals surface area contributed by atoms with Gasteiger partial charge in [-0.1, -0.05) is 99.3 Å². The third-order valence-corrected chi connectivity index (χ3v) is 11.5. The van der Waals surface area contributed by atoms with E-state index in [1.165, 1.54) is 0 Å². The van der Waals surface area contributed by atoms with Crippen molar-refractivity contribution in [3.63, 3.8) is 0 Å². The van der Waals surface area contributed by atoms with Crippen LogP contribution < -0.4 is 0 Å². The summed E-state index contributed by atoms with van der Waals surface area (Å²) in [4.78, 5) is 36.7. The summed E-state index contributed by atoms with van der Waals surface area (Å²) in [6, 6.07) is 0. The molecule has 260 valence electrons. The molecule has 0 fully saturated rings. The lowest BCUT2D eigenvalue weighted by Gasteiger charge is -2.17. The van der Waals surface area contributed by atoms with E-state index < -0.39 is 25.7 Å². The number of carbonyl (C=O) groups is 3. The molecule has 0 aromatic heterocycles. The molecular formula is C30H57O10PS3. The van der Waals surface area contributed by atoms with Crippen LogP contribution in [-0.4, -0.2) is 55.0 Å². The van der Waals surface area contributed by atoms with E-state index in [9.17, 15) is 18.9 Å². The first-order valence-electron chi connectivity index (χ1n) is 16.2. The number of phosphoric acid groups is 1. The molecule has 0 aromatic rings. The number of unbranched alkanes of at least 4 members (excludes halogenated alkanes) is 3. The summed E-state index contributed by atoms with van der Waals surface area (Å²) in [5.74, 6) is -1.44. The fourth-order valence-corrected chi connectivity index (χ4v) is 7.60. The molecule has 0 aliphatic carbocycles. The van der Waals surface area contributed by atoms with E-state index in [0.717, 1.165) is 77.0 Å². The SMILES string of the molecule is CCCCC(CC)COC(=O)CSOP(=O)(OSCC(=O)OCC(CC)CCCC)OSCC(=O)OCC(CC)CCCC. The Hall–Kier alpha value is -0.430. The molecule has 0 aliphatic rings. The van der Waals surface area contributed by atoms with Crippen LogP contribution in [0, 0.1) is 17.8 Å². The zero-order valence-electron chi connectivity index (χ0n) is 27.7. The highest BCUT2D eigenvalue weighted by Crippen LogP contribution is 2.58. The molecule has 14 heteroatoms. The lowest BCUT2D eigenvalue weighted by molar-refractivity contribution is -0.142. The van der Waals surface area contributed by atoms with Crippen LogP contribution in [0.3, 0.4) is 0 Å². The van der Waals surface area contributed by atoms with E-state index in [4.69, 9.17) is 26.1 Å². The fourth-order valence-electron chi connectivity index (χ4n) is 3.91. The average molecular weight is 705 g/mol. The molecule has 0 bridgehead atoms. The summed E-state index contributed by atoms with van der Waals surface area (Å²) in [6.45, 7) is 13.4. The van der Waals surface area contributed by atoms with Crippen LogP contribution in [0.4, 0.5) is 0 Å². The maximum atomic E-state index is 13.3. The molecule has 0 heterocycles. The van der Waals surface area contributed by atoms with Crippen LogP contribution in [0.5, 0.6) is 0 Å². The van der Waals surface area contributed by atoms with Crippen molar-refractivity contribution >= 4 is 61.9 Å². The van der Waals surface area contributed by atoms with E-state index in [1.807, 2.05) is 0 Å². The molecule has 0 saturated carbocycles. The predicted molar refractivity (Wildman–Crippen MR) is 181 cm³/mol. The van der Waals surface area contributed by atoms with Gasteiger partial charge in [-0.25, -0.2) is 16.5 Å². The van der Waals surface area contributed by atoms with Crippen LogP contribution in [0.15, 0.2) is 0 Å². The first-order valence-corrected chi connectivity index (χ1v) is 20.4. The van der Waals surface area contributed by atoms with Crippen molar-refractivity contribution in [1.29, 1.82) is 0 Å². The quantitative estimate of drug-likeness (QED) is 0.0305. The second-order valence-corrected chi connectivity index (χ2v) is 15.0. The molecule has 0 aliphatic heterocycles. The molecule has 0 N–H and O–H groups in total. The second-order valence-electron chi connectivity index (χ2n) is 10.8. The molecule has 0 aromatic carbocycles. The van der Waals surface area contributed by atoms with Gasteiger partial charge in [-0.05, 0) is 37.0 Å². The first-order chi connectivity index (χ1) is 21.2. The zero-order chi connectivity index (χ0) is 33.1. The summed E-state index contributed by atoms with van der Waals surface area (Å²) in [7, 11) is -4.30. The number of rotatable bonds is 30. The second kappa shape index (κ2) is 28.8. The van der Waals surface area contributed by atoms with Gasteiger partial charge in [0.15, 0.2) is 0 Å². The minimum atomic E-state index is -4.30. The highest BCUT2D eigenvalue weighted by molar-refractivity contribution is 8.04. The van der Waals surface area contributed by atoms with Gasteiger partial charge in [0.25, 0.3) is 0 Å². The Kier molecular flexibility index (Phi) is 28.5. The first kappa shape index (κ1) is 43.6. The molecule has 0 rings (SSSR count). The number of esters is 3. The topological polar surface area (TPSA) is 124 Å². The van der Waals surface area contributed by atoms with Crippen molar-refractivity contribution in [3.8, 4) is 0 Å². The van der Waals surface area contributed by atoms with Crippen LogP contribution in [0.2, 0.25) is 0 Å². The van der Waals surface area contributed by atoms with Crippen LogP contribution in [-0.2, 0) is 45.1 Å². The van der Waals surface area contributed by atoms with Gasteiger partial charge < -0.3 is 14.2 Å². The maximum absolute atomic E-state index is 13.3. The molecule has 10 nitrogen and oxygen atoms in total. The standard InChI is InChI=1S/C30H57O10PS3/c1-7-13-16-25(10-4)19-35-28(31)22-42-38-41(34,39-43-23-29(32)36-20-26(11-5)17-14-8-2)40-44-24-30(33)37-21-27(12-6)18-15-9-3/h25-27H,7-24H2,1-6H3. The van der Waals surface area contributed by atoms with E-state index in [1.54, 1.807) is 0 Å². The molecule has 3 atom stereocenters. The van der Waals surface area contributed by atoms with Gasteiger partial charge in [0.2, 0.25) is 0 Å². The van der Waals surface area contributed by atoms with Crippen molar-refractivity contribution in [2.75, 3.05) is 37.1 Å². The van der Waals surface area contributed by atoms with E-state index in [0.29, 0.717) is 55.9 Å². The molecule has 0 amide bonds. The number of carbonyl (C=O) groups excluding carboxylic acids is 3. The maximum Gasteiger partial charge on any atom is 0.508 e. The molecule has 3 unspecified atom stereocenters. The highest BCUT2D eigenvalue weighted by Gasteiger charge is 2.31. The van der Waals surface area contributed by atoms with Gasteiger partial charge >= 0.3 is 25.7 Å². The number of hydrogen-bond donors (Lipinski definition) is 0. The molecule has 0 saturated heterocycles. The van der Waals surface area contributed by atoms with E-state index in [-0.39, 0.29) is 35.0 Å². The average Bonchev–Trinajstić information content (AvgIpc) is 3.01. The lowest BCUT2D eigenvalue weighted by atomic mass is 10.0. The smallest absolute Gasteiger partial charge is 0.465 e. The zero-order valence-corrected chi connectivity index (χ0v) is 31.1. The van der Waals surface area contributed by atoms with Gasteiger partial charge in [-0.3, -0.25) is 14.4 Å². The predicted octanol–water partition coefficient (Wildman–Crippen LogP) is 9.37. The Bertz CT molecular complexity index is 705. The van der Waals surface area contributed by atoms with Crippen molar-refractivity contribution in [2.24, 2.45) is 17.8 Å². The number of ether oxygens (including phenoxy) is 3. The normalized spacial score (nSPS) is 14.8. The Balaban J connectivity index is 4.89. The summed E-state index contributed by atoms with van der Waals surface area (Å²) >= 11 is 1.70. The summed E-state index contributed by atoms with van der Waals surface area (Å²) in [6.07, 6.45) is 12.1. The minimum absolute atomic E-state index is 0.243. The lowest BCUT2D eigenvalue weighted by Crippen LogP contribution is -2.16. The Labute approximate surface area is 279 Å². The van der Waals surface area contributed by atoms with Gasteiger partial charge in [0.05, 0.1) is 19.8 Å². The van der Waals surface area contributed by atoms with Crippen molar-refractivity contribution in [1.82, 2.24) is 0 Å². The Morgan fingerprint density at radius 3 is 1.02 bits per heavy atom. The Morgan fingerprint density at radius 1 is 0.523 bits per heavy atom. The fraction of sp³-hybridized carbons (Fsp3) is 0.900. The van der Waals surface area contributed by atoms with E-state index >= 15 is 0 Å². The van der Waals surface area contributed by atoms with Gasteiger partial charge in [-0.2, -0.15) is 0 Å². The summed E-state index contributed by atoms with van der Waals surface area (Å²) in [5.41, 5.74) is 0.